The SMILES string of the molecule is C=CCOC(=O)/C(C#N)=C(/Nc1ccc2oc(C)cc2c1)N[C@H]1CCCCN(CC(=O)N2CCCC2)C1=O. The smallest absolute Gasteiger partial charge is 0.352 e. The second-order valence-electron chi connectivity index (χ2n) is 9.52. The van der Waals surface area contributed by atoms with Gasteiger partial charge in [-0.05, 0) is 63.3 Å². The maximum absolute atomic E-state index is 13.5. The molecule has 2 amide bonds. The number of likely N-dealkylation sites (tertiary alicyclic amines) is 2. The van der Waals surface area contributed by atoms with Crippen LogP contribution in [0.4, 0.5) is 5.69 Å². The Morgan fingerprint density at radius 3 is 2.71 bits per heavy atom. The van der Waals surface area contributed by atoms with Crippen molar-refractivity contribution in [1.29, 1.82) is 5.26 Å². The van der Waals surface area contributed by atoms with Gasteiger partial charge in [0, 0.05) is 30.7 Å². The third-order valence-electron chi connectivity index (χ3n) is 6.69. The van der Waals surface area contributed by atoms with Crippen LogP contribution in [0.1, 0.15) is 37.9 Å². The molecule has 0 aliphatic carbocycles. The first-order valence-electron chi connectivity index (χ1n) is 12.9. The molecule has 1 aromatic carbocycles. The highest BCUT2D eigenvalue weighted by Crippen LogP contribution is 2.24. The van der Waals surface area contributed by atoms with Crippen molar-refractivity contribution >= 4 is 34.4 Å². The van der Waals surface area contributed by atoms with E-state index in [0.29, 0.717) is 24.2 Å². The van der Waals surface area contributed by atoms with Crippen molar-refractivity contribution in [2.75, 3.05) is 38.1 Å². The fourth-order valence-electron chi connectivity index (χ4n) is 4.78. The number of carbonyl (C=O) groups is 3. The topological polar surface area (TPSA) is 128 Å². The normalized spacial score (nSPS) is 18.4. The highest BCUT2D eigenvalue weighted by atomic mass is 16.5. The Hall–Kier alpha value is -4.26. The quantitative estimate of drug-likeness (QED) is 0.224. The number of benzene rings is 1. The Balaban J connectivity index is 1.60. The van der Waals surface area contributed by atoms with Gasteiger partial charge >= 0.3 is 5.97 Å². The molecule has 0 radical (unpaired) electrons. The van der Waals surface area contributed by atoms with E-state index < -0.39 is 12.0 Å². The lowest BCUT2D eigenvalue weighted by Crippen LogP contribution is -2.49. The summed E-state index contributed by atoms with van der Waals surface area (Å²) in [7, 11) is 0. The number of anilines is 1. The second kappa shape index (κ2) is 12.3. The molecule has 2 aromatic rings. The van der Waals surface area contributed by atoms with E-state index in [2.05, 4.69) is 17.2 Å². The maximum atomic E-state index is 13.5. The van der Waals surface area contributed by atoms with E-state index in [4.69, 9.17) is 9.15 Å². The molecule has 4 rings (SSSR count). The molecule has 0 bridgehead atoms. The van der Waals surface area contributed by atoms with E-state index in [1.165, 1.54) is 6.08 Å². The van der Waals surface area contributed by atoms with Crippen molar-refractivity contribution < 1.29 is 23.5 Å². The number of ether oxygens (including phenoxy) is 1. The summed E-state index contributed by atoms with van der Waals surface area (Å²) >= 11 is 0. The number of nitrogens with one attached hydrogen (secondary N) is 2. The minimum atomic E-state index is -0.843. The summed E-state index contributed by atoms with van der Waals surface area (Å²) in [5.41, 5.74) is 0.994. The minimum absolute atomic E-state index is 0.0203. The molecular weight excluding hydrogens is 486 g/mol. The van der Waals surface area contributed by atoms with E-state index in [-0.39, 0.29) is 36.4 Å². The van der Waals surface area contributed by atoms with Gasteiger partial charge in [-0.1, -0.05) is 12.7 Å². The average molecular weight is 520 g/mol. The van der Waals surface area contributed by atoms with Crippen LogP contribution in [0.3, 0.4) is 0 Å². The molecule has 1 atom stereocenters. The van der Waals surface area contributed by atoms with Gasteiger partial charge in [-0.2, -0.15) is 5.26 Å². The maximum Gasteiger partial charge on any atom is 0.352 e. The van der Waals surface area contributed by atoms with Gasteiger partial charge in [-0.25, -0.2) is 4.79 Å². The number of hydrogen-bond acceptors (Lipinski definition) is 8. The number of furan rings is 1. The van der Waals surface area contributed by atoms with Crippen molar-refractivity contribution in [2.45, 2.75) is 45.1 Å². The van der Waals surface area contributed by atoms with Crippen LogP contribution in [-0.2, 0) is 19.1 Å². The molecule has 0 spiro atoms. The summed E-state index contributed by atoms with van der Waals surface area (Å²) in [6.07, 6.45) is 5.35. The third-order valence-corrected chi connectivity index (χ3v) is 6.69. The molecule has 38 heavy (non-hydrogen) atoms. The van der Waals surface area contributed by atoms with E-state index in [9.17, 15) is 19.6 Å². The van der Waals surface area contributed by atoms with Gasteiger partial charge in [0.2, 0.25) is 11.8 Å². The molecule has 0 saturated carbocycles. The number of rotatable bonds is 9. The molecule has 2 fully saturated rings. The predicted octanol–water partition coefficient (Wildman–Crippen LogP) is 3.21. The Morgan fingerprint density at radius 2 is 1.97 bits per heavy atom. The Kier molecular flexibility index (Phi) is 8.69. The molecule has 2 saturated heterocycles. The first-order chi connectivity index (χ1) is 18.4. The zero-order valence-electron chi connectivity index (χ0n) is 21.6. The van der Waals surface area contributed by atoms with Crippen molar-refractivity contribution in [3.63, 3.8) is 0 Å². The fraction of sp³-hybridized carbons (Fsp3) is 0.429. The van der Waals surface area contributed by atoms with Gasteiger partial charge in [-0.3, -0.25) is 9.59 Å². The lowest BCUT2D eigenvalue weighted by molar-refractivity contribution is -0.140. The van der Waals surface area contributed by atoms with Gasteiger partial charge in [0.05, 0.1) is 6.54 Å². The summed E-state index contributed by atoms with van der Waals surface area (Å²) < 4.78 is 10.8. The van der Waals surface area contributed by atoms with Gasteiger partial charge in [0.25, 0.3) is 0 Å². The predicted molar refractivity (Wildman–Crippen MR) is 142 cm³/mol. The molecule has 10 heteroatoms. The minimum Gasteiger partial charge on any atom is -0.461 e. The second-order valence-corrected chi connectivity index (χ2v) is 9.52. The number of aryl methyl sites for hydroxylation is 1. The number of amides is 2. The monoisotopic (exact) mass is 519 g/mol. The summed E-state index contributed by atoms with van der Waals surface area (Å²) in [6, 6.07) is 8.43. The van der Waals surface area contributed by atoms with Gasteiger partial charge < -0.3 is 29.6 Å². The summed E-state index contributed by atoms with van der Waals surface area (Å²) in [4.78, 5) is 42.4. The summed E-state index contributed by atoms with van der Waals surface area (Å²) in [5, 5.41) is 16.9. The van der Waals surface area contributed by atoms with Gasteiger partial charge in [0.1, 0.15) is 35.9 Å². The van der Waals surface area contributed by atoms with Crippen LogP contribution in [0.25, 0.3) is 11.0 Å². The van der Waals surface area contributed by atoms with Gasteiger partial charge in [0.15, 0.2) is 5.57 Å². The van der Waals surface area contributed by atoms with Crippen LogP contribution in [0.2, 0.25) is 0 Å². The van der Waals surface area contributed by atoms with Crippen LogP contribution in [0.5, 0.6) is 0 Å². The molecular formula is C28H33N5O5. The molecule has 0 unspecified atom stereocenters. The zero-order valence-corrected chi connectivity index (χ0v) is 21.6. The van der Waals surface area contributed by atoms with Crippen molar-refractivity contribution in [3.05, 3.63) is 54.1 Å². The largest absolute Gasteiger partial charge is 0.461 e. The highest BCUT2D eigenvalue weighted by molar-refractivity contribution is 5.95. The zero-order chi connectivity index (χ0) is 27.1. The van der Waals surface area contributed by atoms with Crippen molar-refractivity contribution in [3.8, 4) is 6.07 Å². The highest BCUT2D eigenvalue weighted by Gasteiger charge is 2.31. The van der Waals surface area contributed by atoms with Crippen LogP contribution in [0.15, 0.2) is 52.7 Å². The van der Waals surface area contributed by atoms with E-state index in [0.717, 1.165) is 49.9 Å². The summed E-state index contributed by atoms with van der Waals surface area (Å²) in [5.74, 6) is -0.326. The molecule has 2 aliphatic rings. The van der Waals surface area contributed by atoms with Gasteiger partial charge in [-0.15, -0.1) is 0 Å². The third kappa shape index (κ3) is 6.35. The number of hydrogen-bond donors (Lipinski definition) is 2. The van der Waals surface area contributed by atoms with Crippen molar-refractivity contribution in [1.82, 2.24) is 15.1 Å². The van der Waals surface area contributed by atoms with Crippen molar-refractivity contribution in [2.24, 2.45) is 0 Å². The fourth-order valence-corrected chi connectivity index (χ4v) is 4.78. The lowest BCUT2D eigenvalue weighted by Gasteiger charge is -2.28. The number of fused-ring (bicyclic) bond motifs is 1. The number of nitriles is 1. The van der Waals surface area contributed by atoms with Crippen LogP contribution >= 0.6 is 0 Å². The molecule has 3 heterocycles. The van der Waals surface area contributed by atoms with Crippen LogP contribution in [-0.4, -0.2) is 66.4 Å². The van der Waals surface area contributed by atoms with E-state index in [1.54, 1.807) is 21.9 Å². The first-order valence-corrected chi connectivity index (χ1v) is 12.9. The standard InChI is InChI=1S/C28H33N5O5/c1-3-14-37-28(36)22(17-29)26(30-21-9-10-24-20(16-21)15-19(2)38-24)31-23-8-4-5-13-33(27(23)35)18-25(34)32-11-6-7-12-32/h3,9-10,15-16,23,30-31H,1,4-8,11-14,18H2,2H3/b26-22-/t23-/m0/s1. The molecule has 200 valence electrons. The Labute approximate surface area is 221 Å². The lowest BCUT2D eigenvalue weighted by atomic mass is 10.1. The molecule has 1 aromatic heterocycles. The average Bonchev–Trinajstić information content (AvgIpc) is 3.53. The van der Waals surface area contributed by atoms with E-state index >= 15 is 0 Å². The Bertz CT molecular complexity index is 1280. The number of nitrogens with zero attached hydrogens (tertiary/aromatic N) is 3. The molecule has 2 N–H and O–H groups in total. The molecule has 10 nitrogen and oxygen atoms in total. The first kappa shape index (κ1) is 26.8. The van der Waals surface area contributed by atoms with Crippen LogP contribution < -0.4 is 10.6 Å². The summed E-state index contributed by atoms with van der Waals surface area (Å²) in [6.45, 7) is 7.26. The molecule has 2 aliphatic heterocycles. The number of carbonyl (C=O) groups excluding carboxylic acids is 3. The number of esters is 1. The van der Waals surface area contributed by atoms with Crippen LogP contribution in [0, 0.1) is 18.3 Å². The van der Waals surface area contributed by atoms with E-state index in [1.807, 2.05) is 25.1 Å². The Morgan fingerprint density at radius 1 is 1.21 bits per heavy atom.